The van der Waals surface area contributed by atoms with Gasteiger partial charge in [-0.1, -0.05) is 24.6 Å². The number of carbonyl (C=O) groups excluding carboxylic acids is 2. The molecule has 1 aliphatic heterocycles. The predicted octanol–water partition coefficient (Wildman–Crippen LogP) is 4.71. The third-order valence-electron chi connectivity index (χ3n) is 5.54. The monoisotopic (exact) mass is 349 g/mol. The number of rotatable bonds is 3. The van der Waals surface area contributed by atoms with E-state index in [1.807, 2.05) is 31.2 Å². The van der Waals surface area contributed by atoms with Crippen LogP contribution in [0.2, 0.25) is 0 Å². The van der Waals surface area contributed by atoms with Gasteiger partial charge >= 0.3 is 0 Å². The zero-order valence-electron chi connectivity index (χ0n) is 15.1. The average Bonchev–Trinajstić information content (AvgIpc) is 2.88. The van der Waals surface area contributed by atoms with E-state index in [9.17, 15) is 9.59 Å². The van der Waals surface area contributed by atoms with Crippen molar-refractivity contribution < 1.29 is 14.3 Å². The van der Waals surface area contributed by atoms with E-state index >= 15 is 0 Å². The zero-order valence-corrected chi connectivity index (χ0v) is 15.1. The second-order valence-electron chi connectivity index (χ2n) is 7.55. The van der Waals surface area contributed by atoms with Crippen molar-refractivity contribution in [1.29, 1.82) is 0 Å². The molecule has 1 saturated carbocycles. The standard InChI is InChI=1S/C22H23NO3/c1-14-3-8-17(9-4-14)26-18-10-6-16(7-11-18)23-21(24)19-12-5-15(2)13-20(19)22(23)25/h3-4,6-11,15,19-20H,5,12-13H2,1-2H3/t15-,19+,20+/m0/s1. The number of nitrogens with zero attached hydrogens (tertiary/aromatic N) is 1. The Kier molecular flexibility index (Phi) is 4.27. The first-order chi connectivity index (χ1) is 12.5. The van der Waals surface area contributed by atoms with Crippen molar-refractivity contribution in [3.63, 3.8) is 0 Å². The minimum atomic E-state index is -0.144. The lowest BCUT2D eigenvalue weighted by Crippen LogP contribution is -2.30. The molecule has 2 aromatic rings. The fraction of sp³-hybridized carbons (Fsp3) is 0.364. The molecule has 0 aromatic heterocycles. The van der Waals surface area contributed by atoms with Gasteiger partial charge in [0.25, 0.3) is 0 Å². The van der Waals surface area contributed by atoms with Crippen LogP contribution in [0.25, 0.3) is 0 Å². The first kappa shape index (κ1) is 16.8. The van der Waals surface area contributed by atoms with E-state index in [1.165, 1.54) is 10.5 Å². The second-order valence-corrected chi connectivity index (χ2v) is 7.55. The number of amides is 2. The SMILES string of the molecule is Cc1ccc(Oc2ccc(N3C(=O)[C@@H]4CC[C@H](C)C[C@H]4C3=O)cc2)cc1. The van der Waals surface area contributed by atoms with Crippen molar-refractivity contribution in [2.75, 3.05) is 4.90 Å². The van der Waals surface area contributed by atoms with Crippen LogP contribution in [0.3, 0.4) is 0 Å². The Morgan fingerprint density at radius 1 is 0.846 bits per heavy atom. The normalized spacial score (nSPS) is 25.3. The summed E-state index contributed by atoms with van der Waals surface area (Å²) >= 11 is 0. The lowest BCUT2D eigenvalue weighted by atomic mass is 9.76. The van der Waals surface area contributed by atoms with Gasteiger partial charge in [0.2, 0.25) is 11.8 Å². The highest BCUT2D eigenvalue weighted by molar-refractivity contribution is 6.22. The molecule has 1 saturated heterocycles. The minimum absolute atomic E-state index is 0.0425. The number of hydrogen-bond donors (Lipinski definition) is 0. The van der Waals surface area contributed by atoms with Gasteiger partial charge in [-0.25, -0.2) is 0 Å². The third-order valence-corrected chi connectivity index (χ3v) is 5.54. The molecule has 1 aliphatic carbocycles. The van der Waals surface area contributed by atoms with Crippen LogP contribution in [-0.2, 0) is 9.59 Å². The van der Waals surface area contributed by atoms with Crippen LogP contribution >= 0.6 is 0 Å². The summed E-state index contributed by atoms with van der Waals surface area (Å²) in [6, 6.07) is 15.0. The maximum Gasteiger partial charge on any atom is 0.237 e. The summed E-state index contributed by atoms with van der Waals surface area (Å²) in [5, 5.41) is 0. The van der Waals surface area contributed by atoms with E-state index < -0.39 is 0 Å². The maximum absolute atomic E-state index is 12.8. The molecule has 0 unspecified atom stereocenters. The minimum Gasteiger partial charge on any atom is -0.457 e. The van der Waals surface area contributed by atoms with Crippen LogP contribution in [-0.4, -0.2) is 11.8 Å². The smallest absolute Gasteiger partial charge is 0.237 e. The number of ether oxygens (including phenoxy) is 1. The van der Waals surface area contributed by atoms with Gasteiger partial charge in [-0.05, 0) is 68.5 Å². The number of anilines is 1. The Morgan fingerprint density at radius 3 is 2.08 bits per heavy atom. The lowest BCUT2D eigenvalue weighted by Gasteiger charge is -2.25. The molecule has 2 fully saturated rings. The summed E-state index contributed by atoms with van der Waals surface area (Å²) in [7, 11) is 0. The Labute approximate surface area is 153 Å². The summed E-state index contributed by atoms with van der Waals surface area (Å²) in [6.45, 7) is 4.19. The molecule has 2 aliphatic rings. The molecule has 4 rings (SSSR count). The molecule has 4 nitrogen and oxygen atoms in total. The lowest BCUT2D eigenvalue weighted by molar-refractivity contribution is -0.122. The second kappa shape index (κ2) is 6.60. The third kappa shape index (κ3) is 3.00. The predicted molar refractivity (Wildman–Crippen MR) is 100 cm³/mol. The van der Waals surface area contributed by atoms with Gasteiger partial charge in [0, 0.05) is 0 Å². The van der Waals surface area contributed by atoms with E-state index in [-0.39, 0.29) is 23.7 Å². The highest BCUT2D eigenvalue weighted by Gasteiger charge is 2.49. The van der Waals surface area contributed by atoms with Gasteiger partial charge in [0.05, 0.1) is 17.5 Å². The zero-order chi connectivity index (χ0) is 18.3. The maximum atomic E-state index is 12.8. The van der Waals surface area contributed by atoms with Gasteiger partial charge in [-0.2, -0.15) is 0 Å². The molecule has 1 heterocycles. The molecule has 2 amide bonds. The van der Waals surface area contributed by atoms with E-state index in [2.05, 4.69) is 6.92 Å². The average molecular weight is 349 g/mol. The van der Waals surface area contributed by atoms with Crippen molar-refractivity contribution in [2.45, 2.75) is 33.1 Å². The number of aryl methyl sites for hydroxylation is 1. The molecule has 2 aromatic carbocycles. The Morgan fingerprint density at radius 2 is 1.42 bits per heavy atom. The van der Waals surface area contributed by atoms with E-state index in [0.717, 1.165) is 25.0 Å². The van der Waals surface area contributed by atoms with Crippen LogP contribution in [0, 0.1) is 24.7 Å². The summed E-state index contributed by atoms with van der Waals surface area (Å²) < 4.78 is 5.82. The van der Waals surface area contributed by atoms with Crippen molar-refractivity contribution in [1.82, 2.24) is 0 Å². The molecule has 4 heteroatoms. The summed E-state index contributed by atoms with van der Waals surface area (Å²) in [4.78, 5) is 26.9. The van der Waals surface area contributed by atoms with Crippen molar-refractivity contribution in [2.24, 2.45) is 17.8 Å². The molecular weight excluding hydrogens is 326 g/mol. The van der Waals surface area contributed by atoms with Gasteiger partial charge in [-0.15, -0.1) is 0 Å². The van der Waals surface area contributed by atoms with E-state index in [4.69, 9.17) is 4.74 Å². The largest absolute Gasteiger partial charge is 0.457 e. The Bertz CT molecular complexity index is 825. The van der Waals surface area contributed by atoms with Crippen LogP contribution in [0.5, 0.6) is 11.5 Å². The van der Waals surface area contributed by atoms with Crippen LogP contribution in [0.1, 0.15) is 31.7 Å². The van der Waals surface area contributed by atoms with Gasteiger partial charge in [-0.3, -0.25) is 14.5 Å². The van der Waals surface area contributed by atoms with Gasteiger partial charge < -0.3 is 4.74 Å². The first-order valence-corrected chi connectivity index (χ1v) is 9.25. The fourth-order valence-corrected chi connectivity index (χ4v) is 4.05. The van der Waals surface area contributed by atoms with Crippen molar-refractivity contribution >= 4 is 17.5 Å². The van der Waals surface area contributed by atoms with E-state index in [1.54, 1.807) is 24.3 Å². The highest BCUT2D eigenvalue weighted by atomic mass is 16.5. The number of carbonyl (C=O) groups is 2. The Balaban J connectivity index is 1.52. The molecular formula is C22H23NO3. The topological polar surface area (TPSA) is 46.6 Å². The summed E-state index contributed by atoms with van der Waals surface area (Å²) in [5.74, 6) is 1.59. The van der Waals surface area contributed by atoms with Crippen molar-refractivity contribution in [3.05, 3.63) is 54.1 Å². The van der Waals surface area contributed by atoms with E-state index in [0.29, 0.717) is 17.4 Å². The van der Waals surface area contributed by atoms with Gasteiger partial charge in [0.15, 0.2) is 0 Å². The Hall–Kier alpha value is -2.62. The quantitative estimate of drug-likeness (QED) is 0.754. The number of imide groups is 1. The fourth-order valence-electron chi connectivity index (χ4n) is 4.05. The summed E-state index contributed by atoms with van der Waals surface area (Å²) in [5.41, 5.74) is 1.81. The molecule has 0 N–H and O–H groups in total. The number of hydrogen-bond acceptors (Lipinski definition) is 3. The van der Waals surface area contributed by atoms with Crippen LogP contribution in [0.15, 0.2) is 48.5 Å². The molecule has 0 spiro atoms. The van der Waals surface area contributed by atoms with Crippen molar-refractivity contribution in [3.8, 4) is 11.5 Å². The van der Waals surface area contributed by atoms with Crippen LogP contribution < -0.4 is 9.64 Å². The molecule has 0 radical (unpaired) electrons. The summed E-state index contributed by atoms with van der Waals surface area (Å²) in [6.07, 6.45) is 2.67. The molecule has 0 bridgehead atoms. The van der Waals surface area contributed by atoms with Crippen LogP contribution in [0.4, 0.5) is 5.69 Å². The molecule has 3 atom stereocenters. The molecule has 26 heavy (non-hydrogen) atoms. The number of benzene rings is 2. The van der Waals surface area contributed by atoms with Gasteiger partial charge in [0.1, 0.15) is 11.5 Å². The molecule has 134 valence electrons. The number of fused-ring (bicyclic) bond motifs is 1. The highest BCUT2D eigenvalue weighted by Crippen LogP contribution is 2.42. The first-order valence-electron chi connectivity index (χ1n) is 9.25.